The highest BCUT2D eigenvalue weighted by Crippen LogP contribution is 2.34. The zero-order valence-corrected chi connectivity index (χ0v) is 17.0. The Hall–Kier alpha value is -2.39. The van der Waals surface area contributed by atoms with Gasteiger partial charge in [-0.25, -0.2) is 0 Å². The number of nitrogens with zero attached hydrogens (tertiary/aromatic N) is 1. The van der Waals surface area contributed by atoms with Crippen LogP contribution >= 0.6 is 0 Å². The smallest absolute Gasteiger partial charge is 0.309 e. The van der Waals surface area contributed by atoms with Crippen LogP contribution in [0.1, 0.15) is 54.7 Å². The summed E-state index contributed by atoms with van der Waals surface area (Å²) in [5, 5.41) is 0. The summed E-state index contributed by atoms with van der Waals surface area (Å²) in [4.78, 5) is 14.3. The Bertz CT molecular complexity index is 757. The highest BCUT2D eigenvalue weighted by Gasteiger charge is 2.24. The Kier molecular flexibility index (Phi) is 7.44. The molecule has 148 valence electrons. The van der Waals surface area contributed by atoms with Crippen LogP contribution in [0.5, 0.6) is 0 Å². The lowest BCUT2D eigenvalue weighted by molar-refractivity contribution is -0.149. The molecule has 0 bridgehead atoms. The van der Waals surface area contributed by atoms with Crippen LogP contribution in [0.4, 0.5) is 0 Å². The predicted octanol–water partition coefficient (Wildman–Crippen LogP) is 5.42. The fourth-order valence-electron chi connectivity index (χ4n) is 3.86. The lowest BCUT2D eigenvalue weighted by Crippen LogP contribution is -2.23. The molecular weight excluding hydrogens is 346 g/mol. The molecular formula is C25H31NO2. The van der Waals surface area contributed by atoms with E-state index in [0.29, 0.717) is 12.3 Å². The van der Waals surface area contributed by atoms with Gasteiger partial charge in [-0.1, -0.05) is 66.7 Å². The maximum Gasteiger partial charge on any atom is 0.309 e. The molecule has 3 heteroatoms. The summed E-state index contributed by atoms with van der Waals surface area (Å²) in [6.45, 7) is 0.974. The Labute approximate surface area is 169 Å². The number of hydrogen-bond acceptors (Lipinski definition) is 3. The zero-order valence-electron chi connectivity index (χ0n) is 17.0. The predicted molar refractivity (Wildman–Crippen MR) is 115 cm³/mol. The van der Waals surface area contributed by atoms with Crippen LogP contribution in [0.3, 0.4) is 0 Å². The van der Waals surface area contributed by atoms with Gasteiger partial charge in [0.25, 0.3) is 0 Å². The topological polar surface area (TPSA) is 29.5 Å². The molecule has 1 aliphatic carbocycles. The molecule has 1 aliphatic rings. The van der Waals surface area contributed by atoms with Crippen molar-refractivity contribution in [3.63, 3.8) is 0 Å². The molecule has 0 saturated heterocycles. The summed E-state index contributed by atoms with van der Waals surface area (Å²) < 4.78 is 5.68. The van der Waals surface area contributed by atoms with Crippen LogP contribution in [0.25, 0.3) is 6.08 Å². The first-order valence-electron chi connectivity index (χ1n) is 10.2. The van der Waals surface area contributed by atoms with Crippen LogP contribution < -0.4 is 0 Å². The molecule has 0 aromatic heterocycles. The number of ether oxygens (including phenoxy) is 1. The van der Waals surface area contributed by atoms with E-state index in [-0.39, 0.29) is 12.1 Å². The van der Waals surface area contributed by atoms with Crippen LogP contribution in [0.2, 0.25) is 0 Å². The fourth-order valence-corrected chi connectivity index (χ4v) is 3.86. The number of hydrogen-bond donors (Lipinski definition) is 0. The maximum atomic E-state index is 12.1. The summed E-state index contributed by atoms with van der Waals surface area (Å²) in [7, 11) is 4.18. The molecule has 0 N–H and O–H groups in total. The van der Waals surface area contributed by atoms with Gasteiger partial charge in [-0.2, -0.15) is 0 Å². The third-order valence-electron chi connectivity index (χ3n) is 5.32. The third kappa shape index (κ3) is 6.35. The third-order valence-corrected chi connectivity index (χ3v) is 5.32. The van der Waals surface area contributed by atoms with Crippen molar-refractivity contribution in [2.24, 2.45) is 0 Å². The summed E-state index contributed by atoms with van der Waals surface area (Å²) in [5.74, 6) is 0.463. The van der Waals surface area contributed by atoms with E-state index < -0.39 is 0 Å². The maximum absolute atomic E-state index is 12.1. The van der Waals surface area contributed by atoms with Crippen molar-refractivity contribution < 1.29 is 9.53 Å². The zero-order chi connectivity index (χ0) is 19.8. The molecule has 2 aromatic rings. The molecule has 0 aliphatic heterocycles. The van der Waals surface area contributed by atoms with Gasteiger partial charge in [0.1, 0.15) is 6.10 Å². The molecule has 3 nitrogen and oxygen atoms in total. The second kappa shape index (κ2) is 10.2. The lowest BCUT2D eigenvalue weighted by Gasteiger charge is -2.28. The van der Waals surface area contributed by atoms with Crippen molar-refractivity contribution in [1.29, 1.82) is 0 Å². The SMILES string of the molecule is CN(C)Cc1ccc(C2CCC(OC(=O)C/C=C/c3ccccc3)CC2)cc1. The largest absolute Gasteiger partial charge is 0.462 e. The Balaban J connectivity index is 1.41. The van der Waals surface area contributed by atoms with E-state index in [0.717, 1.165) is 37.8 Å². The molecule has 28 heavy (non-hydrogen) atoms. The van der Waals surface area contributed by atoms with Crippen LogP contribution in [0.15, 0.2) is 60.7 Å². The van der Waals surface area contributed by atoms with E-state index in [4.69, 9.17) is 4.74 Å². The van der Waals surface area contributed by atoms with Crippen molar-refractivity contribution in [3.05, 3.63) is 77.4 Å². The van der Waals surface area contributed by atoms with Crippen LogP contribution in [0, 0.1) is 0 Å². The molecule has 1 fully saturated rings. The van der Waals surface area contributed by atoms with Crippen molar-refractivity contribution >= 4 is 12.0 Å². The molecule has 0 unspecified atom stereocenters. The van der Waals surface area contributed by atoms with Gasteiger partial charge >= 0.3 is 5.97 Å². The fraction of sp³-hybridized carbons (Fsp3) is 0.400. The first-order valence-corrected chi connectivity index (χ1v) is 10.2. The lowest BCUT2D eigenvalue weighted by atomic mass is 9.82. The van der Waals surface area contributed by atoms with E-state index in [1.807, 2.05) is 42.5 Å². The average molecular weight is 378 g/mol. The number of benzene rings is 2. The first-order chi connectivity index (χ1) is 13.6. The molecule has 0 atom stereocenters. The number of carbonyl (C=O) groups excluding carboxylic acids is 1. The van der Waals surface area contributed by atoms with Gasteiger partial charge in [0.2, 0.25) is 0 Å². The van der Waals surface area contributed by atoms with Gasteiger partial charge < -0.3 is 9.64 Å². The number of rotatable bonds is 7. The van der Waals surface area contributed by atoms with Crippen molar-refractivity contribution in [2.45, 2.75) is 50.7 Å². The summed E-state index contributed by atoms with van der Waals surface area (Å²) >= 11 is 0. The van der Waals surface area contributed by atoms with Crippen molar-refractivity contribution in [1.82, 2.24) is 4.90 Å². The van der Waals surface area contributed by atoms with E-state index in [2.05, 4.69) is 43.3 Å². The summed E-state index contributed by atoms with van der Waals surface area (Å²) in [6.07, 6.45) is 8.35. The molecule has 0 heterocycles. The quantitative estimate of drug-likeness (QED) is 0.603. The van der Waals surface area contributed by atoms with Crippen molar-refractivity contribution in [3.8, 4) is 0 Å². The van der Waals surface area contributed by atoms with Crippen LogP contribution in [-0.4, -0.2) is 31.1 Å². The Morgan fingerprint density at radius 3 is 2.32 bits per heavy atom. The van der Waals surface area contributed by atoms with Crippen molar-refractivity contribution in [2.75, 3.05) is 14.1 Å². The first kappa shape index (κ1) is 20.3. The number of esters is 1. The normalized spacial score (nSPS) is 19.8. The highest BCUT2D eigenvalue weighted by atomic mass is 16.5. The minimum Gasteiger partial charge on any atom is -0.462 e. The molecule has 0 radical (unpaired) electrons. The monoisotopic (exact) mass is 377 g/mol. The van der Waals surface area contributed by atoms with Gasteiger partial charge in [-0.15, -0.1) is 0 Å². The molecule has 2 aromatic carbocycles. The molecule has 0 amide bonds. The standard InChI is InChI=1S/C25H31NO2/c1-26(2)19-21-11-13-22(14-12-21)23-15-17-24(18-16-23)28-25(27)10-6-9-20-7-4-3-5-8-20/h3-9,11-14,23-24H,10,15-19H2,1-2H3/b9-6+. The average Bonchev–Trinajstić information content (AvgIpc) is 2.70. The van der Waals surface area contributed by atoms with Gasteiger partial charge in [0.15, 0.2) is 0 Å². The van der Waals surface area contributed by atoms with Gasteiger partial charge in [-0.3, -0.25) is 4.79 Å². The van der Waals surface area contributed by atoms with Crippen LogP contribution in [-0.2, 0) is 16.1 Å². The second-order valence-electron chi connectivity index (χ2n) is 7.96. The molecule has 1 saturated carbocycles. The summed E-state index contributed by atoms with van der Waals surface area (Å²) in [5.41, 5.74) is 3.87. The molecule has 0 spiro atoms. The van der Waals surface area contributed by atoms with Gasteiger partial charge in [0.05, 0.1) is 6.42 Å². The second-order valence-corrected chi connectivity index (χ2v) is 7.96. The van der Waals surface area contributed by atoms with Gasteiger partial charge in [-0.05, 0) is 62.4 Å². The Morgan fingerprint density at radius 2 is 1.68 bits per heavy atom. The van der Waals surface area contributed by atoms with E-state index in [9.17, 15) is 4.79 Å². The molecule has 3 rings (SSSR count). The highest BCUT2D eigenvalue weighted by molar-refractivity contribution is 5.72. The van der Waals surface area contributed by atoms with E-state index in [1.165, 1.54) is 11.1 Å². The Morgan fingerprint density at radius 1 is 1.00 bits per heavy atom. The summed E-state index contributed by atoms with van der Waals surface area (Å²) in [6, 6.07) is 19.0. The van der Waals surface area contributed by atoms with Gasteiger partial charge in [0, 0.05) is 6.54 Å². The minimum absolute atomic E-state index is 0.0712. The minimum atomic E-state index is -0.122. The van der Waals surface area contributed by atoms with E-state index >= 15 is 0 Å². The van der Waals surface area contributed by atoms with E-state index in [1.54, 1.807) is 0 Å². The number of carbonyl (C=O) groups is 1.